The molecule has 0 aliphatic rings. The number of carbonyl (C=O) groups excluding carboxylic acids is 1. The van der Waals surface area contributed by atoms with Crippen molar-refractivity contribution in [3.8, 4) is 0 Å². The third kappa shape index (κ3) is 18.8. The Labute approximate surface area is 91.4 Å². The Hall–Kier alpha value is 0.150. The van der Waals surface area contributed by atoms with E-state index in [1.165, 1.54) is 44.9 Å². The Morgan fingerprint density at radius 3 is 2.00 bits per heavy atom. The van der Waals surface area contributed by atoms with Gasteiger partial charge in [0, 0.05) is 5.33 Å². The molecule has 0 aromatic rings. The lowest BCUT2D eigenvalue weighted by Gasteiger charge is -2.08. The Morgan fingerprint density at radius 2 is 1.77 bits per heavy atom. The zero-order chi connectivity index (χ0) is 10.7. The first-order chi connectivity index (χ1) is 6.08. The fraction of sp³-hybridized carbons (Fsp3) is 0.909. The highest BCUT2D eigenvalue weighted by atomic mass is 79.9. The molecule has 0 fully saturated rings. The summed E-state index contributed by atoms with van der Waals surface area (Å²) in [5, 5.41) is 1.18. The van der Waals surface area contributed by atoms with Crippen LogP contribution in [0.5, 0.6) is 0 Å². The molecule has 0 saturated heterocycles. The zero-order valence-corrected chi connectivity index (χ0v) is 11.0. The second-order valence-electron chi connectivity index (χ2n) is 3.48. The third-order valence-corrected chi connectivity index (χ3v) is 2.68. The second-order valence-corrected chi connectivity index (χ2v) is 4.13. The van der Waals surface area contributed by atoms with Gasteiger partial charge in [0.2, 0.25) is 0 Å². The highest BCUT2D eigenvalue weighted by Gasteiger charge is 2.01. The molecule has 0 saturated carbocycles. The average Bonchev–Trinajstić information content (AvgIpc) is 2.06. The van der Waals surface area contributed by atoms with Gasteiger partial charge in [-0.05, 0) is 26.2 Å². The summed E-state index contributed by atoms with van der Waals surface area (Å²) in [6.07, 6.45) is 5.46. The summed E-state index contributed by atoms with van der Waals surface area (Å²) >= 11 is 3.51. The molecule has 13 heavy (non-hydrogen) atoms. The monoisotopic (exact) mass is 250 g/mol. The molecule has 0 radical (unpaired) electrons. The quantitative estimate of drug-likeness (QED) is 0.669. The summed E-state index contributed by atoms with van der Waals surface area (Å²) in [5.74, 6) is 1.09. The largest absolute Gasteiger partial charge is 0.300 e. The minimum Gasteiger partial charge on any atom is -0.300 e. The Kier molecular flexibility index (Phi) is 14.6. The fourth-order valence-corrected chi connectivity index (χ4v) is 1.66. The molecular formula is C11H23BrO. The zero-order valence-electron chi connectivity index (χ0n) is 9.40. The third-order valence-electron chi connectivity index (χ3n) is 1.76. The molecule has 0 spiro atoms. The molecule has 0 aliphatic carbocycles. The van der Waals surface area contributed by atoms with Gasteiger partial charge in [0.1, 0.15) is 5.78 Å². The van der Waals surface area contributed by atoms with Gasteiger partial charge in [-0.1, -0.05) is 49.0 Å². The van der Waals surface area contributed by atoms with Crippen molar-refractivity contribution in [1.29, 1.82) is 0 Å². The smallest absolute Gasteiger partial charge is 0.126 e. The van der Waals surface area contributed by atoms with Gasteiger partial charge in [-0.25, -0.2) is 0 Å². The minimum absolute atomic E-state index is 0.167. The lowest BCUT2D eigenvalue weighted by atomic mass is 10.0. The molecule has 1 unspecified atom stereocenters. The van der Waals surface area contributed by atoms with Crippen LogP contribution in [-0.2, 0) is 4.79 Å². The molecule has 0 bridgehead atoms. The Morgan fingerprint density at radius 1 is 1.31 bits per heavy atom. The van der Waals surface area contributed by atoms with Crippen molar-refractivity contribution in [3.63, 3.8) is 0 Å². The van der Waals surface area contributed by atoms with Gasteiger partial charge in [-0.15, -0.1) is 0 Å². The van der Waals surface area contributed by atoms with Crippen LogP contribution in [0.3, 0.4) is 0 Å². The highest BCUT2D eigenvalue weighted by Crippen LogP contribution is 2.14. The van der Waals surface area contributed by atoms with Crippen molar-refractivity contribution in [1.82, 2.24) is 0 Å². The van der Waals surface area contributed by atoms with Crippen molar-refractivity contribution in [2.45, 2.75) is 53.4 Å². The summed E-state index contributed by atoms with van der Waals surface area (Å²) in [4.78, 5) is 9.44. The first kappa shape index (κ1) is 15.6. The number of alkyl halides is 1. The summed E-state index contributed by atoms with van der Waals surface area (Å²) in [6, 6.07) is 0. The van der Waals surface area contributed by atoms with E-state index in [2.05, 4.69) is 29.8 Å². The number of hydrogen-bond acceptors (Lipinski definition) is 1. The molecule has 1 nitrogen and oxygen atoms in total. The Bertz CT molecular complexity index is 105. The van der Waals surface area contributed by atoms with Gasteiger partial charge in [-0.3, -0.25) is 0 Å². The van der Waals surface area contributed by atoms with E-state index in [4.69, 9.17) is 0 Å². The van der Waals surface area contributed by atoms with Crippen molar-refractivity contribution in [2.24, 2.45) is 5.92 Å². The molecule has 0 aliphatic heterocycles. The number of carbonyl (C=O) groups is 1. The Balaban J connectivity index is 0. The molecule has 0 N–H and O–H groups in total. The van der Waals surface area contributed by atoms with E-state index in [0.29, 0.717) is 0 Å². The number of ketones is 1. The maximum absolute atomic E-state index is 9.44. The average molecular weight is 251 g/mol. The highest BCUT2D eigenvalue weighted by molar-refractivity contribution is 9.09. The van der Waals surface area contributed by atoms with Gasteiger partial charge in [0.25, 0.3) is 0 Å². The van der Waals surface area contributed by atoms with E-state index in [1.807, 2.05) is 0 Å². The van der Waals surface area contributed by atoms with E-state index in [-0.39, 0.29) is 5.78 Å². The lowest BCUT2D eigenvalue weighted by molar-refractivity contribution is -0.114. The van der Waals surface area contributed by atoms with Gasteiger partial charge < -0.3 is 4.79 Å². The minimum atomic E-state index is 0.167. The molecular weight excluding hydrogens is 228 g/mol. The van der Waals surface area contributed by atoms with Crippen LogP contribution in [0.1, 0.15) is 53.4 Å². The maximum Gasteiger partial charge on any atom is 0.126 e. The fourth-order valence-electron chi connectivity index (χ4n) is 0.883. The van der Waals surface area contributed by atoms with Crippen LogP contribution in [0.25, 0.3) is 0 Å². The van der Waals surface area contributed by atoms with Crippen LogP contribution in [0.2, 0.25) is 0 Å². The second kappa shape index (κ2) is 12.2. The number of unbranched alkanes of at least 4 members (excludes halogenated alkanes) is 1. The van der Waals surface area contributed by atoms with E-state index >= 15 is 0 Å². The van der Waals surface area contributed by atoms with Gasteiger partial charge in [0.05, 0.1) is 0 Å². The molecule has 0 aromatic carbocycles. The number of rotatable bonds is 5. The normalized spacial score (nSPS) is 11.5. The molecule has 0 aromatic heterocycles. The molecule has 1 atom stereocenters. The lowest BCUT2D eigenvalue weighted by Crippen LogP contribution is -1.98. The maximum atomic E-state index is 9.44. The van der Waals surface area contributed by atoms with Crippen LogP contribution < -0.4 is 0 Å². The van der Waals surface area contributed by atoms with E-state index in [1.54, 1.807) is 0 Å². The van der Waals surface area contributed by atoms with Crippen molar-refractivity contribution >= 4 is 21.7 Å². The van der Waals surface area contributed by atoms with E-state index in [9.17, 15) is 4.79 Å². The first-order valence-electron chi connectivity index (χ1n) is 5.11. The summed E-state index contributed by atoms with van der Waals surface area (Å²) in [6.45, 7) is 7.57. The van der Waals surface area contributed by atoms with Crippen LogP contribution in [0.4, 0.5) is 0 Å². The number of hydrogen-bond donors (Lipinski definition) is 0. The van der Waals surface area contributed by atoms with Crippen LogP contribution in [0.15, 0.2) is 0 Å². The summed E-state index contributed by atoms with van der Waals surface area (Å²) in [7, 11) is 0. The van der Waals surface area contributed by atoms with E-state index < -0.39 is 0 Å². The molecule has 0 rings (SSSR count). The van der Waals surface area contributed by atoms with Crippen LogP contribution in [-0.4, -0.2) is 11.1 Å². The van der Waals surface area contributed by atoms with Gasteiger partial charge in [0.15, 0.2) is 0 Å². The summed E-state index contributed by atoms with van der Waals surface area (Å²) in [5.41, 5.74) is 0. The number of halogens is 1. The molecule has 0 heterocycles. The van der Waals surface area contributed by atoms with Crippen LogP contribution >= 0.6 is 15.9 Å². The molecule has 0 amide bonds. The number of Topliss-reactive ketones (excluding diaryl/α,β-unsaturated/α-hetero) is 1. The van der Waals surface area contributed by atoms with Crippen molar-refractivity contribution in [2.75, 3.05) is 5.33 Å². The predicted molar refractivity (Wildman–Crippen MR) is 63.5 cm³/mol. The van der Waals surface area contributed by atoms with Crippen molar-refractivity contribution < 1.29 is 4.79 Å². The van der Waals surface area contributed by atoms with Crippen molar-refractivity contribution in [3.05, 3.63) is 0 Å². The SMILES string of the molecule is CC(C)=O.CCCCC(CC)CBr. The van der Waals surface area contributed by atoms with Crippen LogP contribution in [0, 0.1) is 5.92 Å². The topological polar surface area (TPSA) is 17.1 Å². The molecule has 80 valence electrons. The first-order valence-corrected chi connectivity index (χ1v) is 6.23. The van der Waals surface area contributed by atoms with E-state index in [0.717, 1.165) is 5.92 Å². The van der Waals surface area contributed by atoms with Gasteiger partial charge in [-0.2, -0.15) is 0 Å². The van der Waals surface area contributed by atoms with Gasteiger partial charge >= 0.3 is 0 Å². The molecule has 2 heteroatoms. The predicted octanol–water partition coefficient (Wildman–Crippen LogP) is 4.19. The standard InChI is InChI=1S/C8H17Br.C3H6O/c1-3-5-6-8(4-2)7-9;1-3(2)4/h8H,3-7H2,1-2H3;1-2H3. The summed E-state index contributed by atoms with van der Waals surface area (Å²) < 4.78 is 0.